The number of hydrogen-bond donors (Lipinski definition) is 1. The summed E-state index contributed by atoms with van der Waals surface area (Å²) < 4.78 is 0. The van der Waals surface area contributed by atoms with Gasteiger partial charge in [0.25, 0.3) is 0 Å². The molecule has 1 saturated heterocycles. The molecule has 1 aromatic rings. The van der Waals surface area contributed by atoms with Crippen LogP contribution >= 0.6 is 0 Å². The SMILES string of the molecule is CCCNCc1ccc(N2CCC(C)CC2)nc1. The standard InChI is InChI=1S/C15H25N3/c1-3-8-16-11-14-4-5-15(17-12-14)18-9-6-13(2)7-10-18/h4-5,12-13,16H,3,6-11H2,1-2H3. The summed E-state index contributed by atoms with van der Waals surface area (Å²) in [5, 5.41) is 3.40. The molecule has 1 aromatic heterocycles. The predicted octanol–water partition coefficient (Wildman–Crippen LogP) is 2.82. The first-order valence-corrected chi connectivity index (χ1v) is 7.20. The summed E-state index contributed by atoms with van der Waals surface area (Å²) in [6.07, 6.45) is 5.77. The number of anilines is 1. The molecule has 0 bridgehead atoms. The molecule has 1 fully saturated rings. The van der Waals surface area contributed by atoms with E-state index in [1.165, 1.54) is 24.8 Å². The summed E-state index contributed by atoms with van der Waals surface area (Å²) in [4.78, 5) is 7.00. The average molecular weight is 247 g/mol. The monoisotopic (exact) mass is 247 g/mol. The van der Waals surface area contributed by atoms with E-state index in [2.05, 4.69) is 41.2 Å². The van der Waals surface area contributed by atoms with Crippen molar-refractivity contribution < 1.29 is 0 Å². The molecule has 0 saturated carbocycles. The molecule has 0 aromatic carbocycles. The Morgan fingerprint density at radius 1 is 1.33 bits per heavy atom. The van der Waals surface area contributed by atoms with E-state index < -0.39 is 0 Å². The Bertz CT molecular complexity index is 339. The van der Waals surface area contributed by atoms with E-state index in [1.807, 2.05) is 6.20 Å². The number of nitrogens with zero attached hydrogens (tertiary/aromatic N) is 2. The maximum Gasteiger partial charge on any atom is 0.128 e. The van der Waals surface area contributed by atoms with Crippen molar-refractivity contribution in [3.05, 3.63) is 23.9 Å². The van der Waals surface area contributed by atoms with Gasteiger partial charge in [-0.1, -0.05) is 19.9 Å². The van der Waals surface area contributed by atoms with Crippen LogP contribution in [0.2, 0.25) is 0 Å². The highest BCUT2D eigenvalue weighted by molar-refractivity contribution is 5.39. The zero-order chi connectivity index (χ0) is 12.8. The summed E-state index contributed by atoms with van der Waals surface area (Å²) in [6, 6.07) is 4.36. The third-order valence-corrected chi connectivity index (χ3v) is 3.67. The van der Waals surface area contributed by atoms with Crippen LogP contribution in [0.4, 0.5) is 5.82 Å². The van der Waals surface area contributed by atoms with Gasteiger partial charge in [-0.2, -0.15) is 0 Å². The Morgan fingerprint density at radius 2 is 2.11 bits per heavy atom. The molecule has 1 N–H and O–H groups in total. The van der Waals surface area contributed by atoms with Gasteiger partial charge in [0.15, 0.2) is 0 Å². The molecule has 2 rings (SSSR count). The summed E-state index contributed by atoms with van der Waals surface area (Å²) >= 11 is 0. The van der Waals surface area contributed by atoms with Crippen molar-refractivity contribution >= 4 is 5.82 Å². The number of rotatable bonds is 5. The molecule has 1 aliphatic rings. The van der Waals surface area contributed by atoms with Crippen LogP contribution in [-0.2, 0) is 6.54 Å². The first-order valence-electron chi connectivity index (χ1n) is 7.20. The van der Waals surface area contributed by atoms with E-state index in [0.717, 1.165) is 37.9 Å². The second kappa shape index (κ2) is 6.74. The zero-order valence-corrected chi connectivity index (χ0v) is 11.7. The van der Waals surface area contributed by atoms with Gasteiger partial charge < -0.3 is 10.2 Å². The largest absolute Gasteiger partial charge is 0.357 e. The summed E-state index contributed by atoms with van der Waals surface area (Å²) in [5.74, 6) is 2.01. The molecular weight excluding hydrogens is 222 g/mol. The fraction of sp³-hybridized carbons (Fsp3) is 0.667. The first-order chi connectivity index (χ1) is 8.79. The lowest BCUT2D eigenvalue weighted by atomic mass is 9.99. The summed E-state index contributed by atoms with van der Waals surface area (Å²) in [5.41, 5.74) is 1.28. The van der Waals surface area contributed by atoms with Crippen molar-refractivity contribution in [2.45, 2.75) is 39.7 Å². The molecule has 3 heteroatoms. The summed E-state index contributed by atoms with van der Waals surface area (Å²) in [7, 11) is 0. The normalized spacial score (nSPS) is 17.1. The smallest absolute Gasteiger partial charge is 0.128 e. The lowest BCUT2D eigenvalue weighted by Gasteiger charge is -2.31. The molecular formula is C15H25N3. The van der Waals surface area contributed by atoms with Gasteiger partial charge in [-0.05, 0) is 43.4 Å². The minimum atomic E-state index is 0.874. The second-order valence-electron chi connectivity index (χ2n) is 5.37. The number of pyridine rings is 1. The van der Waals surface area contributed by atoms with Crippen LogP contribution in [0.3, 0.4) is 0 Å². The fourth-order valence-corrected chi connectivity index (χ4v) is 2.36. The van der Waals surface area contributed by atoms with E-state index in [4.69, 9.17) is 0 Å². The van der Waals surface area contributed by atoms with Gasteiger partial charge >= 0.3 is 0 Å². The predicted molar refractivity (Wildman–Crippen MR) is 76.8 cm³/mol. The number of piperidine rings is 1. The van der Waals surface area contributed by atoms with Crippen LogP contribution in [0.25, 0.3) is 0 Å². The Balaban J connectivity index is 1.87. The third kappa shape index (κ3) is 3.70. The van der Waals surface area contributed by atoms with Crippen molar-refractivity contribution in [3.63, 3.8) is 0 Å². The van der Waals surface area contributed by atoms with E-state index in [-0.39, 0.29) is 0 Å². The Labute approximate surface area is 111 Å². The van der Waals surface area contributed by atoms with Crippen molar-refractivity contribution in [1.82, 2.24) is 10.3 Å². The van der Waals surface area contributed by atoms with E-state index in [1.54, 1.807) is 0 Å². The quantitative estimate of drug-likeness (QED) is 0.811. The minimum Gasteiger partial charge on any atom is -0.357 e. The van der Waals surface area contributed by atoms with Gasteiger partial charge in [0.05, 0.1) is 0 Å². The highest BCUT2D eigenvalue weighted by Crippen LogP contribution is 2.21. The van der Waals surface area contributed by atoms with Gasteiger partial charge in [0, 0.05) is 25.8 Å². The number of aromatic nitrogens is 1. The molecule has 3 nitrogen and oxygen atoms in total. The molecule has 0 radical (unpaired) electrons. The Hall–Kier alpha value is -1.09. The van der Waals surface area contributed by atoms with Gasteiger partial charge in [0.2, 0.25) is 0 Å². The van der Waals surface area contributed by atoms with Crippen molar-refractivity contribution in [1.29, 1.82) is 0 Å². The Morgan fingerprint density at radius 3 is 2.72 bits per heavy atom. The van der Waals surface area contributed by atoms with Gasteiger partial charge in [-0.15, -0.1) is 0 Å². The van der Waals surface area contributed by atoms with E-state index in [9.17, 15) is 0 Å². The molecule has 0 atom stereocenters. The minimum absolute atomic E-state index is 0.874. The highest BCUT2D eigenvalue weighted by atomic mass is 15.2. The molecule has 0 aliphatic carbocycles. The van der Waals surface area contributed by atoms with Crippen LogP contribution in [0, 0.1) is 5.92 Å². The maximum absolute atomic E-state index is 4.59. The molecule has 18 heavy (non-hydrogen) atoms. The van der Waals surface area contributed by atoms with Gasteiger partial charge in [-0.3, -0.25) is 0 Å². The fourth-order valence-electron chi connectivity index (χ4n) is 2.36. The zero-order valence-electron chi connectivity index (χ0n) is 11.7. The lowest BCUT2D eigenvalue weighted by Crippen LogP contribution is -2.33. The van der Waals surface area contributed by atoms with Crippen molar-refractivity contribution in [2.75, 3.05) is 24.5 Å². The molecule has 0 spiro atoms. The van der Waals surface area contributed by atoms with E-state index in [0.29, 0.717) is 0 Å². The van der Waals surface area contributed by atoms with Crippen molar-refractivity contribution in [3.8, 4) is 0 Å². The molecule has 0 amide bonds. The number of nitrogens with one attached hydrogen (secondary N) is 1. The van der Waals surface area contributed by atoms with Gasteiger partial charge in [-0.25, -0.2) is 4.98 Å². The maximum atomic E-state index is 4.59. The average Bonchev–Trinajstić information content (AvgIpc) is 2.41. The Kier molecular flexibility index (Phi) is 5.00. The van der Waals surface area contributed by atoms with E-state index >= 15 is 0 Å². The molecule has 100 valence electrons. The van der Waals surface area contributed by atoms with Crippen LogP contribution in [0.5, 0.6) is 0 Å². The molecule has 1 aliphatic heterocycles. The molecule has 2 heterocycles. The van der Waals surface area contributed by atoms with Crippen LogP contribution in [-0.4, -0.2) is 24.6 Å². The lowest BCUT2D eigenvalue weighted by molar-refractivity contribution is 0.436. The highest BCUT2D eigenvalue weighted by Gasteiger charge is 2.16. The van der Waals surface area contributed by atoms with Gasteiger partial charge in [0.1, 0.15) is 5.82 Å². The van der Waals surface area contributed by atoms with Crippen LogP contribution in [0.1, 0.15) is 38.7 Å². The first kappa shape index (κ1) is 13.3. The second-order valence-corrected chi connectivity index (χ2v) is 5.37. The van der Waals surface area contributed by atoms with Crippen molar-refractivity contribution in [2.24, 2.45) is 5.92 Å². The van der Waals surface area contributed by atoms with Crippen LogP contribution < -0.4 is 10.2 Å². The summed E-state index contributed by atoms with van der Waals surface area (Å²) in [6.45, 7) is 8.84. The topological polar surface area (TPSA) is 28.2 Å². The van der Waals surface area contributed by atoms with Crippen LogP contribution in [0.15, 0.2) is 18.3 Å². The third-order valence-electron chi connectivity index (χ3n) is 3.67. The molecule has 0 unspecified atom stereocenters. The number of hydrogen-bond acceptors (Lipinski definition) is 3.